The predicted molar refractivity (Wildman–Crippen MR) is 127 cm³/mol. The van der Waals surface area contributed by atoms with Crippen molar-refractivity contribution in [1.82, 2.24) is 4.90 Å². The van der Waals surface area contributed by atoms with E-state index in [1.807, 2.05) is 48.5 Å². The van der Waals surface area contributed by atoms with Crippen LogP contribution in [-0.2, 0) is 11.3 Å². The molecule has 1 aliphatic rings. The van der Waals surface area contributed by atoms with Crippen LogP contribution < -0.4 is 9.47 Å². The summed E-state index contributed by atoms with van der Waals surface area (Å²) in [4.78, 5) is 14.7. The number of carbonyl (C=O) groups is 1. The molecule has 1 N–H and O–H groups in total. The van der Waals surface area contributed by atoms with Crippen LogP contribution in [-0.4, -0.2) is 41.8 Å². The molecule has 3 rings (SSSR count). The molecule has 0 saturated carbocycles. The van der Waals surface area contributed by atoms with Gasteiger partial charge in [0.2, 0.25) is 0 Å². The van der Waals surface area contributed by atoms with Gasteiger partial charge in [-0.05, 0) is 62.1 Å². The van der Waals surface area contributed by atoms with Crippen LogP contribution in [0.5, 0.6) is 11.5 Å². The molecular weight excluding hydrogens is 426 g/mol. The topological polar surface area (TPSA) is 59.0 Å². The molecule has 1 fully saturated rings. The maximum atomic E-state index is 12.3. The summed E-state index contributed by atoms with van der Waals surface area (Å²) in [7, 11) is 0. The van der Waals surface area contributed by atoms with Gasteiger partial charge in [0.15, 0.2) is 0 Å². The highest BCUT2D eigenvalue weighted by atomic mass is 35.5. The third-order valence-electron chi connectivity index (χ3n) is 6.28. The molecule has 2 atom stereocenters. The zero-order valence-corrected chi connectivity index (χ0v) is 19.4. The molecule has 2 unspecified atom stereocenters. The number of nitrogens with zero attached hydrogens (tertiary/aromatic N) is 1. The number of hydrogen-bond donors (Lipinski definition) is 1. The van der Waals surface area contributed by atoms with E-state index in [1.54, 1.807) is 6.08 Å². The van der Waals surface area contributed by atoms with Gasteiger partial charge in [0.25, 0.3) is 0 Å². The van der Waals surface area contributed by atoms with Crippen molar-refractivity contribution >= 4 is 17.6 Å². The van der Waals surface area contributed by atoms with Crippen LogP contribution in [0.15, 0.2) is 61.2 Å². The average Bonchev–Trinajstić information content (AvgIpc) is 2.80. The van der Waals surface area contributed by atoms with Crippen molar-refractivity contribution in [2.45, 2.75) is 45.2 Å². The molecule has 0 aliphatic carbocycles. The second-order valence-electron chi connectivity index (χ2n) is 8.35. The summed E-state index contributed by atoms with van der Waals surface area (Å²) >= 11 is 6.38. The molecule has 0 spiro atoms. The Bertz CT molecular complexity index is 904. The second-order valence-corrected chi connectivity index (χ2v) is 8.76. The van der Waals surface area contributed by atoms with E-state index in [0.717, 1.165) is 30.8 Å². The van der Waals surface area contributed by atoms with Crippen LogP contribution in [0.2, 0.25) is 5.02 Å². The van der Waals surface area contributed by atoms with Crippen molar-refractivity contribution in [3.05, 3.63) is 71.8 Å². The van der Waals surface area contributed by atoms with Gasteiger partial charge >= 0.3 is 5.97 Å². The highest BCUT2D eigenvalue weighted by molar-refractivity contribution is 6.32. The standard InChI is InChI=1S/C26H32ClNO4/c1-3-15-32-24-11-10-20(17-23(24)27)19-28-14-12-26(25(29)30,18-21(28)4-2)13-16-31-22-8-6-5-7-9-22/h3,5-11,17,21H,1,4,12-16,18-19H2,2H3,(H,29,30). The van der Waals surface area contributed by atoms with Gasteiger partial charge < -0.3 is 14.6 Å². The van der Waals surface area contributed by atoms with Gasteiger partial charge in [-0.25, -0.2) is 0 Å². The summed E-state index contributed by atoms with van der Waals surface area (Å²) in [6, 6.07) is 15.6. The molecule has 32 heavy (non-hydrogen) atoms. The van der Waals surface area contributed by atoms with E-state index in [0.29, 0.717) is 43.2 Å². The predicted octanol–water partition coefficient (Wildman–Crippen LogP) is 5.82. The Labute approximate surface area is 195 Å². The number of piperidine rings is 1. The lowest BCUT2D eigenvalue weighted by atomic mass is 9.72. The number of carboxylic acids is 1. The molecule has 0 amide bonds. The van der Waals surface area contributed by atoms with Crippen LogP contribution >= 0.6 is 11.6 Å². The Morgan fingerprint density at radius 3 is 2.72 bits per heavy atom. The van der Waals surface area contributed by atoms with Crippen LogP contribution in [0.4, 0.5) is 0 Å². The van der Waals surface area contributed by atoms with Crippen molar-refractivity contribution < 1.29 is 19.4 Å². The van der Waals surface area contributed by atoms with E-state index < -0.39 is 11.4 Å². The summed E-state index contributed by atoms with van der Waals surface area (Å²) in [6.45, 7) is 8.04. The molecule has 2 aromatic carbocycles. The van der Waals surface area contributed by atoms with Gasteiger partial charge in [0.05, 0.1) is 17.0 Å². The van der Waals surface area contributed by atoms with Crippen LogP contribution in [0.1, 0.15) is 38.2 Å². The molecule has 1 aliphatic heterocycles. The second kappa shape index (κ2) is 11.4. The molecule has 0 bridgehead atoms. The first kappa shape index (κ1) is 24.1. The van der Waals surface area contributed by atoms with E-state index in [1.165, 1.54) is 0 Å². The largest absolute Gasteiger partial charge is 0.494 e. The zero-order valence-electron chi connectivity index (χ0n) is 18.6. The van der Waals surface area contributed by atoms with Crippen molar-refractivity contribution in [1.29, 1.82) is 0 Å². The number of aliphatic carboxylic acids is 1. The SMILES string of the molecule is C=CCOc1ccc(CN2CCC(CCOc3ccccc3)(C(=O)O)CC2CC)cc1Cl. The molecule has 172 valence electrons. The quantitative estimate of drug-likeness (QED) is 0.431. The summed E-state index contributed by atoms with van der Waals surface area (Å²) in [6.07, 6.45) is 4.30. The van der Waals surface area contributed by atoms with Gasteiger partial charge in [-0.15, -0.1) is 0 Å². The van der Waals surface area contributed by atoms with E-state index in [2.05, 4.69) is 18.4 Å². The lowest BCUT2D eigenvalue weighted by molar-refractivity contribution is -0.155. The average molecular weight is 458 g/mol. The number of ether oxygens (including phenoxy) is 2. The maximum absolute atomic E-state index is 12.3. The summed E-state index contributed by atoms with van der Waals surface area (Å²) in [5.41, 5.74) is 0.334. The highest BCUT2D eigenvalue weighted by Gasteiger charge is 2.44. The number of halogens is 1. The Hall–Kier alpha value is -2.50. The fraction of sp³-hybridized carbons (Fsp3) is 0.423. The first-order valence-electron chi connectivity index (χ1n) is 11.1. The number of carboxylic acid groups (broad SMARTS) is 1. The highest BCUT2D eigenvalue weighted by Crippen LogP contribution is 2.40. The normalized spacial score (nSPS) is 21.1. The number of likely N-dealkylation sites (tertiary alicyclic amines) is 1. The van der Waals surface area contributed by atoms with Gasteiger partial charge in [0, 0.05) is 12.6 Å². The fourth-order valence-corrected chi connectivity index (χ4v) is 4.64. The van der Waals surface area contributed by atoms with Gasteiger partial charge in [0.1, 0.15) is 18.1 Å². The van der Waals surface area contributed by atoms with Gasteiger partial charge in [-0.3, -0.25) is 9.69 Å². The smallest absolute Gasteiger partial charge is 0.309 e. The molecule has 1 heterocycles. The Morgan fingerprint density at radius 2 is 2.06 bits per heavy atom. The van der Waals surface area contributed by atoms with Gasteiger partial charge in [-0.1, -0.05) is 55.4 Å². The number of benzene rings is 2. The molecule has 2 aromatic rings. The minimum Gasteiger partial charge on any atom is -0.494 e. The van der Waals surface area contributed by atoms with E-state index in [-0.39, 0.29) is 6.04 Å². The van der Waals surface area contributed by atoms with Crippen molar-refractivity contribution in [2.24, 2.45) is 5.41 Å². The van der Waals surface area contributed by atoms with E-state index >= 15 is 0 Å². The number of rotatable bonds is 11. The zero-order chi connectivity index (χ0) is 23.0. The first-order valence-corrected chi connectivity index (χ1v) is 11.5. The fourth-order valence-electron chi connectivity index (χ4n) is 4.39. The number of para-hydroxylation sites is 1. The third kappa shape index (κ3) is 6.05. The monoisotopic (exact) mass is 457 g/mol. The third-order valence-corrected chi connectivity index (χ3v) is 6.57. The minimum absolute atomic E-state index is 0.187. The van der Waals surface area contributed by atoms with E-state index in [4.69, 9.17) is 21.1 Å². The first-order chi connectivity index (χ1) is 15.5. The van der Waals surface area contributed by atoms with Crippen molar-refractivity contribution in [3.63, 3.8) is 0 Å². The molecule has 5 nitrogen and oxygen atoms in total. The summed E-state index contributed by atoms with van der Waals surface area (Å²) in [5, 5.41) is 10.7. The number of hydrogen-bond acceptors (Lipinski definition) is 4. The Balaban J connectivity index is 1.63. The molecular formula is C26H32ClNO4. The van der Waals surface area contributed by atoms with Crippen molar-refractivity contribution in [2.75, 3.05) is 19.8 Å². The molecule has 6 heteroatoms. The minimum atomic E-state index is -0.758. The van der Waals surface area contributed by atoms with Crippen LogP contribution in [0.25, 0.3) is 0 Å². The Morgan fingerprint density at radius 1 is 1.28 bits per heavy atom. The Kier molecular flexibility index (Phi) is 8.60. The summed E-state index contributed by atoms with van der Waals surface area (Å²) in [5.74, 6) is 0.693. The van der Waals surface area contributed by atoms with Crippen LogP contribution in [0.3, 0.4) is 0 Å². The van der Waals surface area contributed by atoms with E-state index in [9.17, 15) is 9.90 Å². The summed E-state index contributed by atoms with van der Waals surface area (Å²) < 4.78 is 11.4. The lowest BCUT2D eigenvalue weighted by Gasteiger charge is -2.44. The van der Waals surface area contributed by atoms with Crippen LogP contribution in [0, 0.1) is 5.41 Å². The van der Waals surface area contributed by atoms with Crippen molar-refractivity contribution in [3.8, 4) is 11.5 Å². The maximum Gasteiger partial charge on any atom is 0.309 e. The lowest BCUT2D eigenvalue weighted by Crippen LogP contribution is -2.50. The van der Waals surface area contributed by atoms with Gasteiger partial charge in [-0.2, -0.15) is 0 Å². The molecule has 1 saturated heterocycles. The molecule has 0 radical (unpaired) electrons. The molecule has 0 aromatic heterocycles.